The summed E-state index contributed by atoms with van der Waals surface area (Å²) in [4.78, 5) is 25.4. The van der Waals surface area contributed by atoms with E-state index in [1.54, 1.807) is 58.2 Å². The molecule has 4 aromatic rings. The van der Waals surface area contributed by atoms with E-state index in [1.165, 1.54) is 12.1 Å². The summed E-state index contributed by atoms with van der Waals surface area (Å²) < 4.78 is 30.4. The van der Waals surface area contributed by atoms with Crippen LogP contribution in [-0.2, 0) is 11.3 Å². The summed E-state index contributed by atoms with van der Waals surface area (Å²) in [5.41, 5.74) is 1.77. The molecular weight excluding hydrogens is 474 g/mol. The van der Waals surface area contributed by atoms with E-state index in [9.17, 15) is 13.6 Å². The van der Waals surface area contributed by atoms with Gasteiger partial charge in [0.1, 0.15) is 23.1 Å². The molecule has 1 aliphatic rings. The Morgan fingerprint density at radius 1 is 1.03 bits per heavy atom. The number of halogens is 3. The molecule has 0 saturated carbocycles. The van der Waals surface area contributed by atoms with Crippen LogP contribution < -0.4 is 5.32 Å². The molecule has 10 heteroatoms. The predicted molar refractivity (Wildman–Crippen MR) is 130 cm³/mol. The zero-order valence-electron chi connectivity index (χ0n) is 18.8. The maximum atomic E-state index is 14.5. The Kier molecular flexibility index (Phi) is 6.61. The number of imidazole rings is 1. The third kappa shape index (κ3) is 4.82. The van der Waals surface area contributed by atoms with Crippen molar-refractivity contribution in [3.63, 3.8) is 0 Å². The average Bonchev–Trinajstić information content (AvgIpc) is 3.24. The lowest BCUT2D eigenvalue weighted by atomic mass is 10.1. The fraction of sp³-hybridized carbons (Fsp3) is 0.240. The molecule has 3 heterocycles. The Bertz CT molecular complexity index is 1350. The first-order valence-corrected chi connectivity index (χ1v) is 11.6. The van der Waals surface area contributed by atoms with Crippen LogP contribution in [0.4, 0.5) is 14.6 Å². The van der Waals surface area contributed by atoms with Crippen LogP contribution in [0.5, 0.6) is 0 Å². The predicted octanol–water partition coefficient (Wildman–Crippen LogP) is 4.08. The van der Waals surface area contributed by atoms with Crippen LogP contribution >= 0.6 is 11.6 Å². The van der Waals surface area contributed by atoms with Gasteiger partial charge >= 0.3 is 0 Å². The minimum absolute atomic E-state index is 0.0245. The molecule has 1 N–H and O–H groups in total. The molecule has 1 saturated heterocycles. The first-order valence-electron chi connectivity index (χ1n) is 11.2. The Morgan fingerprint density at radius 3 is 2.57 bits per heavy atom. The lowest BCUT2D eigenvalue weighted by Gasteiger charge is -2.35. The molecule has 0 bridgehead atoms. The smallest absolute Gasteiger partial charge is 0.242 e. The van der Waals surface area contributed by atoms with Crippen molar-refractivity contribution >= 4 is 29.0 Å². The first-order chi connectivity index (χ1) is 17.0. The summed E-state index contributed by atoms with van der Waals surface area (Å²) in [5, 5.41) is 3.56. The highest BCUT2D eigenvalue weighted by Gasteiger charge is 2.24. The van der Waals surface area contributed by atoms with Crippen LogP contribution in [0.25, 0.3) is 16.9 Å². The van der Waals surface area contributed by atoms with E-state index in [4.69, 9.17) is 11.6 Å². The van der Waals surface area contributed by atoms with Crippen molar-refractivity contribution in [1.29, 1.82) is 0 Å². The third-order valence-electron chi connectivity index (χ3n) is 6.13. The van der Waals surface area contributed by atoms with E-state index in [2.05, 4.69) is 20.2 Å². The van der Waals surface area contributed by atoms with Gasteiger partial charge in [0, 0.05) is 61.3 Å². The van der Waals surface area contributed by atoms with E-state index >= 15 is 0 Å². The van der Waals surface area contributed by atoms with Crippen LogP contribution in [0.1, 0.15) is 5.56 Å². The quantitative estimate of drug-likeness (QED) is 0.435. The van der Waals surface area contributed by atoms with Gasteiger partial charge in [0.2, 0.25) is 5.91 Å². The minimum Gasteiger partial charge on any atom is -0.360 e. The van der Waals surface area contributed by atoms with E-state index in [-0.39, 0.29) is 18.3 Å². The van der Waals surface area contributed by atoms with Crippen molar-refractivity contribution in [1.82, 2.24) is 24.2 Å². The summed E-state index contributed by atoms with van der Waals surface area (Å²) in [6, 6.07) is 11.0. The SMILES string of the molecule is O=C(CNc1c(-c2ccccc2F)nc2cnccn12)N1CCN(Cc2c(F)cccc2Cl)CC1. The molecule has 2 aromatic heterocycles. The number of carbonyl (C=O) groups excluding carboxylic acids is 1. The van der Waals surface area contributed by atoms with Gasteiger partial charge < -0.3 is 10.2 Å². The topological polar surface area (TPSA) is 65.8 Å². The molecule has 7 nitrogen and oxygen atoms in total. The fourth-order valence-electron chi connectivity index (χ4n) is 4.25. The number of anilines is 1. The normalized spacial score (nSPS) is 14.4. The molecule has 2 aromatic carbocycles. The number of rotatable bonds is 6. The Hall–Kier alpha value is -3.56. The van der Waals surface area contributed by atoms with Crippen molar-refractivity contribution in [3.8, 4) is 11.3 Å². The number of nitrogens with one attached hydrogen (secondary N) is 1. The van der Waals surface area contributed by atoms with Gasteiger partial charge in [-0.1, -0.05) is 29.8 Å². The molecule has 180 valence electrons. The zero-order valence-corrected chi connectivity index (χ0v) is 19.6. The van der Waals surface area contributed by atoms with Gasteiger partial charge in [-0.15, -0.1) is 0 Å². The number of hydrogen-bond donors (Lipinski definition) is 1. The maximum absolute atomic E-state index is 14.5. The summed E-state index contributed by atoms with van der Waals surface area (Å²) in [5.74, 6) is -0.288. The van der Waals surface area contributed by atoms with Crippen LogP contribution in [0.2, 0.25) is 5.02 Å². The van der Waals surface area contributed by atoms with Gasteiger partial charge in [-0.3, -0.25) is 19.1 Å². The van der Waals surface area contributed by atoms with Gasteiger partial charge in [-0.05, 0) is 24.3 Å². The molecule has 1 aliphatic heterocycles. The highest BCUT2D eigenvalue weighted by atomic mass is 35.5. The van der Waals surface area contributed by atoms with Crippen molar-refractivity contribution < 1.29 is 13.6 Å². The Labute approximate surface area is 206 Å². The van der Waals surface area contributed by atoms with Crippen LogP contribution in [0.3, 0.4) is 0 Å². The van der Waals surface area contributed by atoms with Gasteiger partial charge in [-0.25, -0.2) is 13.8 Å². The van der Waals surface area contributed by atoms with E-state index in [0.717, 1.165) is 0 Å². The van der Waals surface area contributed by atoms with E-state index in [1.807, 2.05) is 0 Å². The highest BCUT2D eigenvalue weighted by Crippen LogP contribution is 2.30. The van der Waals surface area contributed by atoms with E-state index < -0.39 is 5.82 Å². The van der Waals surface area contributed by atoms with Crippen molar-refractivity contribution in [2.24, 2.45) is 0 Å². The highest BCUT2D eigenvalue weighted by molar-refractivity contribution is 6.31. The molecule has 1 amide bonds. The molecule has 1 fully saturated rings. The number of fused-ring (bicyclic) bond motifs is 1. The second kappa shape index (κ2) is 9.97. The number of nitrogens with zero attached hydrogens (tertiary/aromatic N) is 5. The standard InChI is InChI=1S/C25H23ClF2N6O/c26-19-5-3-7-21(28)18(19)16-32-10-12-33(13-11-32)23(35)15-30-25-24(17-4-1-2-6-20(17)27)31-22-14-29-8-9-34(22)25/h1-9,14,30H,10-13,15-16H2. The Balaban J connectivity index is 1.26. The van der Waals surface area contributed by atoms with Gasteiger partial charge in [0.15, 0.2) is 5.65 Å². The average molecular weight is 497 g/mol. The second-order valence-corrected chi connectivity index (χ2v) is 8.71. The summed E-state index contributed by atoms with van der Waals surface area (Å²) in [6.07, 6.45) is 4.90. The van der Waals surface area contributed by atoms with Gasteiger partial charge in [0.25, 0.3) is 0 Å². The first kappa shape index (κ1) is 23.2. The lowest BCUT2D eigenvalue weighted by Crippen LogP contribution is -2.49. The molecule has 0 spiro atoms. The molecule has 0 radical (unpaired) electrons. The lowest BCUT2D eigenvalue weighted by molar-refractivity contribution is -0.131. The molecule has 0 unspecified atom stereocenters. The summed E-state index contributed by atoms with van der Waals surface area (Å²) >= 11 is 6.15. The molecule has 5 rings (SSSR count). The number of piperazine rings is 1. The molecule has 0 aliphatic carbocycles. The van der Waals surface area contributed by atoms with Crippen molar-refractivity contribution in [2.45, 2.75) is 6.54 Å². The van der Waals surface area contributed by atoms with Crippen molar-refractivity contribution in [3.05, 3.63) is 83.3 Å². The number of carbonyl (C=O) groups is 1. The molecule has 35 heavy (non-hydrogen) atoms. The fourth-order valence-corrected chi connectivity index (χ4v) is 4.47. The number of benzene rings is 2. The Morgan fingerprint density at radius 2 is 1.80 bits per heavy atom. The number of amides is 1. The van der Waals surface area contributed by atoms with Crippen LogP contribution in [0, 0.1) is 11.6 Å². The summed E-state index contributed by atoms with van der Waals surface area (Å²) in [7, 11) is 0. The van der Waals surface area contributed by atoms with Gasteiger partial charge in [0.05, 0.1) is 12.7 Å². The second-order valence-electron chi connectivity index (χ2n) is 8.30. The monoisotopic (exact) mass is 496 g/mol. The molecular formula is C25H23ClF2N6O. The van der Waals surface area contributed by atoms with Crippen molar-refractivity contribution in [2.75, 3.05) is 38.0 Å². The zero-order chi connectivity index (χ0) is 24.4. The van der Waals surface area contributed by atoms with E-state index in [0.29, 0.717) is 66.0 Å². The van der Waals surface area contributed by atoms with Crippen LogP contribution in [0.15, 0.2) is 61.1 Å². The van der Waals surface area contributed by atoms with Gasteiger partial charge in [-0.2, -0.15) is 0 Å². The number of aromatic nitrogens is 3. The summed E-state index contributed by atoms with van der Waals surface area (Å²) in [6.45, 7) is 2.67. The number of hydrogen-bond acceptors (Lipinski definition) is 5. The maximum Gasteiger partial charge on any atom is 0.242 e. The third-order valence-corrected chi connectivity index (χ3v) is 6.49. The largest absolute Gasteiger partial charge is 0.360 e. The minimum atomic E-state index is -0.399. The molecule has 0 atom stereocenters. The van der Waals surface area contributed by atoms with Crippen LogP contribution in [-0.4, -0.2) is 62.8 Å².